The second-order valence-electron chi connectivity index (χ2n) is 5.96. The smallest absolute Gasteiger partial charge is 0.0469 e. The molecule has 0 aromatic heterocycles. The zero-order valence-corrected chi connectivity index (χ0v) is 13.8. The van der Waals surface area contributed by atoms with Gasteiger partial charge in [0.05, 0.1) is 0 Å². The summed E-state index contributed by atoms with van der Waals surface area (Å²) < 4.78 is 5.44. The minimum Gasteiger partial charge on any atom is -0.381 e. The molecule has 2 rings (SSSR count). The van der Waals surface area contributed by atoms with Crippen LogP contribution >= 0.6 is 0 Å². The molecule has 0 aliphatic carbocycles. The first-order valence-corrected chi connectivity index (χ1v) is 8.39. The molecule has 1 N–H and O–H groups in total. The van der Waals surface area contributed by atoms with Gasteiger partial charge in [0.1, 0.15) is 0 Å². The molecule has 1 aromatic carbocycles. The third-order valence-corrected chi connectivity index (χ3v) is 4.67. The molecule has 1 aliphatic rings. The molecule has 118 valence electrons. The van der Waals surface area contributed by atoms with Gasteiger partial charge in [0, 0.05) is 44.6 Å². The predicted molar refractivity (Wildman–Crippen MR) is 89.8 cm³/mol. The van der Waals surface area contributed by atoms with Crippen LogP contribution in [-0.2, 0) is 11.3 Å². The van der Waals surface area contributed by atoms with Crippen molar-refractivity contribution < 1.29 is 4.74 Å². The highest BCUT2D eigenvalue weighted by molar-refractivity contribution is 5.47. The first-order chi connectivity index (χ1) is 10.2. The lowest BCUT2D eigenvalue weighted by atomic mass is 9.93. The van der Waals surface area contributed by atoms with Crippen LogP contribution in [0, 0.1) is 5.92 Å². The fourth-order valence-corrected chi connectivity index (χ4v) is 3.07. The molecule has 21 heavy (non-hydrogen) atoms. The van der Waals surface area contributed by atoms with Crippen LogP contribution in [0.25, 0.3) is 0 Å². The van der Waals surface area contributed by atoms with Gasteiger partial charge >= 0.3 is 0 Å². The summed E-state index contributed by atoms with van der Waals surface area (Å²) in [5, 5.41) is 3.68. The van der Waals surface area contributed by atoms with Crippen LogP contribution in [0.3, 0.4) is 0 Å². The van der Waals surface area contributed by atoms with Crippen LogP contribution in [0.5, 0.6) is 0 Å². The predicted octanol–water partition coefficient (Wildman–Crippen LogP) is 3.44. The molecule has 0 amide bonds. The van der Waals surface area contributed by atoms with Gasteiger partial charge in [-0.05, 0) is 57.2 Å². The Hall–Kier alpha value is -1.06. The molecule has 0 radical (unpaired) electrons. The number of rotatable bonds is 7. The van der Waals surface area contributed by atoms with Gasteiger partial charge in [-0.2, -0.15) is 0 Å². The Kier molecular flexibility index (Phi) is 6.52. The van der Waals surface area contributed by atoms with Crippen LogP contribution in [0.15, 0.2) is 24.3 Å². The maximum atomic E-state index is 5.44. The SMILES string of the molecule is CCN(CC)c1ccc(CNC(C)C2CCOCC2)cc1. The van der Waals surface area contributed by atoms with Gasteiger partial charge in [-0.25, -0.2) is 0 Å². The summed E-state index contributed by atoms with van der Waals surface area (Å²) >= 11 is 0. The fourth-order valence-electron chi connectivity index (χ4n) is 3.07. The average molecular weight is 290 g/mol. The Bertz CT molecular complexity index is 394. The molecule has 1 fully saturated rings. The Balaban J connectivity index is 1.82. The van der Waals surface area contributed by atoms with Crippen molar-refractivity contribution in [2.45, 2.75) is 46.2 Å². The Labute approximate surface area is 129 Å². The standard InChI is InChI=1S/C18H30N2O/c1-4-20(5-2)18-8-6-16(7-9-18)14-19-15(3)17-10-12-21-13-11-17/h6-9,15,17,19H,4-5,10-14H2,1-3H3. The summed E-state index contributed by atoms with van der Waals surface area (Å²) in [6.45, 7) is 11.6. The van der Waals surface area contributed by atoms with Crippen molar-refractivity contribution in [1.29, 1.82) is 0 Å². The summed E-state index contributed by atoms with van der Waals surface area (Å²) in [6.07, 6.45) is 2.38. The van der Waals surface area contributed by atoms with Crippen molar-refractivity contribution in [2.24, 2.45) is 5.92 Å². The minimum atomic E-state index is 0.566. The third-order valence-electron chi connectivity index (χ3n) is 4.67. The Morgan fingerprint density at radius 1 is 1.14 bits per heavy atom. The normalized spacial score (nSPS) is 17.7. The second kappa shape index (κ2) is 8.40. The molecule has 1 unspecified atom stereocenters. The van der Waals surface area contributed by atoms with Gasteiger partial charge in [-0.1, -0.05) is 12.1 Å². The van der Waals surface area contributed by atoms with Crippen molar-refractivity contribution in [3.63, 3.8) is 0 Å². The number of hydrogen-bond donors (Lipinski definition) is 1. The lowest BCUT2D eigenvalue weighted by Crippen LogP contribution is -2.36. The number of nitrogens with one attached hydrogen (secondary N) is 1. The summed E-state index contributed by atoms with van der Waals surface area (Å²) in [4.78, 5) is 2.38. The van der Waals surface area contributed by atoms with E-state index in [-0.39, 0.29) is 0 Å². The van der Waals surface area contributed by atoms with Gasteiger partial charge in [0.15, 0.2) is 0 Å². The zero-order valence-electron chi connectivity index (χ0n) is 13.8. The summed E-state index contributed by atoms with van der Waals surface area (Å²) in [5.41, 5.74) is 2.69. The molecule has 3 nitrogen and oxygen atoms in total. The molecular weight excluding hydrogens is 260 g/mol. The average Bonchev–Trinajstić information content (AvgIpc) is 2.55. The van der Waals surface area contributed by atoms with E-state index in [0.29, 0.717) is 6.04 Å². The monoisotopic (exact) mass is 290 g/mol. The van der Waals surface area contributed by atoms with Gasteiger partial charge < -0.3 is 15.0 Å². The molecule has 0 spiro atoms. The molecule has 1 aliphatic heterocycles. The highest BCUT2D eigenvalue weighted by atomic mass is 16.5. The van der Waals surface area contributed by atoms with Crippen molar-refractivity contribution in [2.75, 3.05) is 31.2 Å². The molecule has 0 bridgehead atoms. The summed E-state index contributed by atoms with van der Waals surface area (Å²) in [6, 6.07) is 9.54. The van der Waals surface area contributed by atoms with E-state index < -0.39 is 0 Å². The molecule has 1 atom stereocenters. The van der Waals surface area contributed by atoms with E-state index in [2.05, 4.69) is 55.3 Å². The lowest BCUT2D eigenvalue weighted by molar-refractivity contribution is 0.0558. The van der Waals surface area contributed by atoms with Crippen LogP contribution in [-0.4, -0.2) is 32.3 Å². The van der Waals surface area contributed by atoms with Crippen molar-refractivity contribution in [1.82, 2.24) is 5.32 Å². The largest absolute Gasteiger partial charge is 0.381 e. The number of benzene rings is 1. The zero-order chi connectivity index (χ0) is 15.1. The van der Waals surface area contributed by atoms with E-state index in [4.69, 9.17) is 4.74 Å². The van der Waals surface area contributed by atoms with Crippen LogP contribution in [0.4, 0.5) is 5.69 Å². The molecule has 1 aromatic rings. The molecule has 0 saturated carbocycles. The van der Waals surface area contributed by atoms with E-state index in [1.54, 1.807) is 0 Å². The Morgan fingerprint density at radius 3 is 2.33 bits per heavy atom. The summed E-state index contributed by atoms with van der Waals surface area (Å²) in [7, 11) is 0. The van der Waals surface area contributed by atoms with Gasteiger partial charge in [-0.15, -0.1) is 0 Å². The maximum absolute atomic E-state index is 5.44. The third kappa shape index (κ3) is 4.72. The van der Waals surface area contributed by atoms with Crippen LogP contribution in [0.2, 0.25) is 0 Å². The van der Waals surface area contributed by atoms with E-state index in [1.165, 1.54) is 24.1 Å². The maximum Gasteiger partial charge on any atom is 0.0469 e. The molecular formula is C18H30N2O. The molecule has 1 heterocycles. The highest BCUT2D eigenvalue weighted by Gasteiger charge is 2.19. The molecule has 1 saturated heterocycles. The van der Waals surface area contributed by atoms with E-state index >= 15 is 0 Å². The first kappa shape index (κ1) is 16.3. The van der Waals surface area contributed by atoms with Crippen molar-refractivity contribution >= 4 is 5.69 Å². The number of hydrogen-bond acceptors (Lipinski definition) is 3. The van der Waals surface area contributed by atoms with Crippen LogP contribution < -0.4 is 10.2 Å². The van der Waals surface area contributed by atoms with E-state index in [0.717, 1.165) is 38.8 Å². The van der Waals surface area contributed by atoms with Crippen molar-refractivity contribution in [3.05, 3.63) is 29.8 Å². The quantitative estimate of drug-likeness (QED) is 0.832. The van der Waals surface area contributed by atoms with E-state index in [9.17, 15) is 0 Å². The summed E-state index contributed by atoms with van der Waals surface area (Å²) in [5.74, 6) is 0.758. The molecule has 3 heteroatoms. The van der Waals surface area contributed by atoms with Crippen molar-refractivity contribution in [3.8, 4) is 0 Å². The van der Waals surface area contributed by atoms with Gasteiger partial charge in [-0.3, -0.25) is 0 Å². The number of anilines is 1. The van der Waals surface area contributed by atoms with Gasteiger partial charge in [0.2, 0.25) is 0 Å². The highest BCUT2D eigenvalue weighted by Crippen LogP contribution is 2.19. The fraction of sp³-hybridized carbons (Fsp3) is 0.667. The second-order valence-corrected chi connectivity index (χ2v) is 5.96. The van der Waals surface area contributed by atoms with E-state index in [1.807, 2.05) is 0 Å². The topological polar surface area (TPSA) is 24.5 Å². The lowest BCUT2D eigenvalue weighted by Gasteiger charge is -2.28. The van der Waals surface area contributed by atoms with Gasteiger partial charge in [0.25, 0.3) is 0 Å². The first-order valence-electron chi connectivity index (χ1n) is 8.39. The Morgan fingerprint density at radius 2 is 1.76 bits per heavy atom. The minimum absolute atomic E-state index is 0.566. The number of ether oxygens (including phenoxy) is 1. The van der Waals surface area contributed by atoms with Crippen LogP contribution in [0.1, 0.15) is 39.2 Å². The number of nitrogens with zero attached hydrogens (tertiary/aromatic N) is 1.